The van der Waals surface area contributed by atoms with Crippen LogP contribution in [-0.4, -0.2) is 48.6 Å². The first kappa shape index (κ1) is 18.2. The second-order valence-electron chi connectivity index (χ2n) is 3.48. The number of aliphatic hydroxyl groups excluding tert-OH is 2. The number of rotatable bonds is 9. The van der Waals surface area contributed by atoms with Gasteiger partial charge >= 0.3 is 29.6 Å². The molecule has 0 rings (SSSR count). The largest absolute Gasteiger partial charge is 1.00 e. The van der Waals surface area contributed by atoms with Crippen molar-refractivity contribution in [3.05, 3.63) is 0 Å². The van der Waals surface area contributed by atoms with Crippen LogP contribution < -0.4 is 40.2 Å². The molecule has 4 nitrogen and oxygen atoms in total. The van der Waals surface area contributed by atoms with Crippen LogP contribution in [0.25, 0.3) is 0 Å². The minimum absolute atomic E-state index is 0. The average molecular weight is 228 g/mol. The summed E-state index contributed by atoms with van der Waals surface area (Å²) in [5.74, 6) is 0. The van der Waals surface area contributed by atoms with E-state index in [-0.39, 0.29) is 56.3 Å². The fourth-order valence-corrected chi connectivity index (χ4v) is 1.23. The smallest absolute Gasteiger partial charge is 1.00 e. The molecule has 0 aliphatic carbocycles. The molecule has 2 atom stereocenters. The van der Waals surface area contributed by atoms with Crippen molar-refractivity contribution in [2.45, 2.75) is 38.8 Å². The average Bonchev–Trinajstić information content (AvgIpc) is 2.24. The number of hydrogen-bond acceptors (Lipinski definition) is 4. The van der Waals surface area contributed by atoms with Crippen LogP contribution in [0.15, 0.2) is 0 Å². The van der Waals surface area contributed by atoms with Gasteiger partial charge in [-0.2, -0.15) is 0 Å². The van der Waals surface area contributed by atoms with Gasteiger partial charge in [-0.15, -0.1) is 0 Å². The van der Waals surface area contributed by atoms with Gasteiger partial charge in [-0.3, -0.25) is 0 Å². The van der Waals surface area contributed by atoms with Crippen molar-refractivity contribution in [1.82, 2.24) is 10.6 Å². The summed E-state index contributed by atoms with van der Waals surface area (Å²) in [4.78, 5) is 0. The number of aliphatic hydroxyl groups is 2. The van der Waals surface area contributed by atoms with Gasteiger partial charge in [0.15, 0.2) is 0 Å². The monoisotopic (exact) mass is 228 g/mol. The first-order valence-electron chi connectivity index (χ1n) is 5.46. The molecule has 88 valence electrons. The molecule has 2 unspecified atom stereocenters. The zero-order valence-corrected chi connectivity index (χ0v) is 12.3. The quantitative estimate of drug-likeness (QED) is 0.248. The van der Waals surface area contributed by atoms with E-state index >= 15 is 0 Å². The maximum Gasteiger partial charge on any atom is 1.00 e. The van der Waals surface area contributed by atoms with Crippen molar-refractivity contribution < 1.29 is 41.2 Å². The fourth-order valence-electron chi connectivity index (χ4n) is 1.23. The van der Waals surface area contributed by atoms with Crippen molar-refractivity contribution in [1.29, 1.82) is 0 Å². The molecule has 0 saturated carbocycles. The molecule has 0 fully saturated rings. The third kappa shape index (κ3) is 9.75. The van der Waals surface area contributed by atoms with Gasteiger partial charge in [0.1, 0.15) is 0 Å². The van der Waals surface area contributed by atoms with Gasteiger partial charge in [0.2, 0.25) is 0 Å². The molecule has 5 heteroatoms. The van der Waals surface area contributed by atoms with Gasteiger partial charge in [-0.25, -0.2) is 0 Å². The Labute approximate surface area is 117 Å². The third-order valence-electron chi connectivity index (χ3n) is 2.42. The van der Waals surface area contributed by atoms with Crippen molar-refractivity contribution >= 4 is 0 Å². The molecule has 0 bridgehead atoms. The zero-order chi connectivity index (χ0) is 10.8. The summed E-state index contributed by atoms with van der Waals surface area (Å²) in [6, 6.07) is 0.400. The molecule has 0 aliphatic rings. The Kier molecular flexibility index (Phi) is 15.7. The Morgan fingerprint density at radius 1 is 0.933 bits per heavy atom. The summed E-state index contributed by atoms with van der Waals surface area (Å²) in [6.45, 7) is 6.13. The molecule has 0 spiro atoms. The maximum atomic E-state index is 8.90. The van der Waals surface area contributed by atoms with Crippen LogP contribution in [0.3, 0.4) is 0 Å². The summed E-state index contributed by atoms with van der Waals surface area (Å²) < 4.78 is 0. The van der Waals surface area contributed by atoms with E-state index in [2.05, 4.69) is 10.6 Å². The molecule has 4 N–H and O–H groups in total. The zero-order valence-electron chi connectivity index (χ0n) is 11.3. The molecule has 0 amide bonds. The van der Waals surface area contributed by atoms with E-state index in [1.165, 1.54) is 0 Å². The standard InChI is InChI=1S/C10H24N2O2.Na.H/c1-3-9(7-13)11-5-6-12-10(4-2)8-14;;/h9-14H,3-8H2,1-2H3;;/q;+1;-1. The Hall–Kier alpha value is 0.840. The SMILES string of the molecule is CCC(CO)NCCNC(CC)CO.[H-].[Na+]. The van der Waals surface area contributed by atoms with Crippen molar-refractivity contribution in [3.63, 3.8) is 0 Å². The topological polar surface area (TPSA) is 64.5 Å². The molecule has 15 heavy (non-hydrogen) atoms. The van der Waals surface area contributed by atoms with Crippen LogP contribution in [0.4, 0.5) is 0 Å². The van der Waals surface area contributed by atoms with E-state index in [4.69, 9.17) is 10.2 Å². The molecule has 0 saturated heterocycles. The summed E-state index contributed by atoms with van der Waals surface area (Å²) in [5.41, 5.74) is 0. The van der Waals surface area contributed by atoms with E-state index in [9.17, 15) is 0 Å². The Balaban J connectivity index is -0.000000845. The van der Waals surface area contributed by atoms with Crippen LogP contribution in [0.2, 0.25) is 0 Å². The molecular weight excluding hydrogens is 203 g/mol. The van der Waals surface area contributed by atoms with Crippen LogP contribution in [-0.2, 0) is 0 Å². The first-order chi connectivity index (χ1) is 6.78. The van der Waals surface area contributed by atoms with Gasteiger partial charge in [-0.05, 0) is 12.8 Å². The predicted molar refractivity (Wildman–Crippen MR) is 59.4 cm³/mol. The van der Waals surface area contributed by atoms with E-state index in [0.717, 1.165) is 25.9 Å². The summed E-state index contributed by atoms with van der Waals surface area (Å²) in [6.07, 6.45) is 1.88. The minimum atomic E-state index is 0. The van der Waals surface area contributed by atoms with Crippen LogP contribution in [0.5, 0.6) is 0 Å². The molecule has 0 aromatic rings. The molecule has 0 heterocycles. The Morgan fingerprint density at radius 2 is 1.27 bits per heavy atom. The molecule has 0 aromatic heterocycles. The molecular formula is C10H25N2NaO2. The molecule has 0 aliphatic heterocycles. The van der Waals surface area contributed by atoms with Gasteiger partial charge in [0, 0.05) is 25.2 Å². The maximum absolute atomic E-state index is 8.90. The number of nitrogens with one attached hydrogen (secondary N) is 2. The van der Waals surface area contributed by atoms with E-state index in [1.807, 2.05) is 13.8 Å². The summed E-state index contributed by atoms with van der Waals surface area (Å²) >= 11 is 0. The van der Waals surface area contributed by atoms with Gasteiger partial charge in [0.05, 0.1) is 13.2 Å². The molecule has 0 radical (unpaired) electrons. The van der Waals surface area contributed by atoms with Crippen molar-refractivity contribution in [3.8, 4) is 0 Å². The summed E-state index contributed by atoms with van der Waals surface area (Å²) in [7, 11) is 0. The van der Waals surface area contributed by atoms with Crippen molar-refractivity contribution in [2.75, 3.05) is 26.3 Å². The van der Waals surface area contributed by atoms with Crippen molar-refractivity contribution in [2.24, 2.45) is 0 Å². The molecule has 0 aromatic carbocycles. The number of hydrogen-bond donors (Lipinski definition) is 4. The second-order valence-corrected chi connectivity index (χ2v) is 3.48. The predicted octanol–water partition coefficient (Wildman–Crippen LogP) is -3.18. The fraction of sp³-hybridized carbons (Fsp3) is 1.00. The van der Waals surface area contributed by atoms with Crippen LogP contribution in [0, 0.1) is 0 Å². The second kappa shape index (κ2) is 12.9. The Morgan fingerprint density at radius 3 is 1.47 bits per heavy atom. The van der Waals surface area contributed by atoms with E-state index < -0.39 is 0 Å². The van der Waals surface area contributed by atoms with E-state index in [1.54, 1.807) is 0 Å². The summed E-state index contributed by atoms with van der Waals surface area (Å²) in [5, 5.41) is 24.3. The van der Waals surface area contributed by atoms with E-state index in [0.29, 0.717) is 0 Å². The van der Waals surface area contributed by atoms with Gasteiger partial charge in [0.25, 0.3) is 0 Å². The first-order valence-corrected chi connectivity index (χ1v) is 5.46. The normalized spacial score (nSPS) is 14.4. The minimum Gasteiger partial charge on any atom is -1.00 e. The van der Waals surface area contributed by atoms with Gasteiger partial charge in [-0.1, -0.05) is 13.8 Å². The Bertz CT molecular complexity index is 111. The third-order valence-corrected chi connectivity index (χ3v) is 2.42. The van der Waals surface area contributed by atoms with Gasteiger partial charge < -0.3 is 22.3 Å². The van der Waals surface area contributed by atoms with Crippen LogP contribution >= 0.6 is 0 Å². The van der Waals surface area contributed by atoms with Crippen LogP contribution in [0.1, 0.15) is 28.1 Å².